The Labute approximate surface area is 191 Å². The van der Waals surface area contributed by atoms with Gasteiger partial charge in [-0.3, -0.25) is 9.78 Å². The number of para-hydroxylation sites is 1. The summed E-state index contributed by atoms with van der Waals surface area (Å²) >= 11 is 0. The van der Waals surface area contributed by atoms with Crippen LogP contribution in [0.1, 0.15) is 35.9 Å². The highest BCUT2D eigenvalue weighted by molar-refractivity contribution is 6.10. The number of ether oxygens (including phenoxy) is 1. The lowest BCUT2D eigenvalue weighted by Gasteiger charge is -2.31. The van der Waals surface area contributed by atoms with Gasteiger partial charge in [-0.2, -0.15) is 0 Å². The Morgan fingerprint density at radius 1 is 1.30 bits per heavy atom. The molecule has 7 heteroatoms. The van der Waals surface area contributed by atoms with E-state index < -0.39 is 11.9 Å². The predicted octanol–water partition coefficient (Wildman–Crippen LogP) is 4.08. The van der Waals surface area contributed by atoms with Gasteiger partial charge in [-0.1, -0.05) is 31.2 Å². The van der Waals surface area contributed by atoms with E-state index in [0.29, 0.717) is 25.9 Å². The summed E-state index contributed by atoms with van der Waals surface area (Å²) in [6.45, 7) is 2.97. The van der Waals surface area contributed by atoms with Gasteiger partial charge in [0.1, 0.15) is 0 Å². The van der Waals surface area contributed by atoms with Gasteiger partial charge in [0.15, 0.2) is 11.6 Å². The number of aromatic amines is 1. The summed E-state index contributed by atoms with van der Waals surface area (Å²) in [5, 5.41) is 2.28. The summed E-state index contributed by atoms with van der Waals surface area (Å²) in [5.41, 5.74) is 11.7. The van der Waals surface area contributed by atoms with Crippen LogP contribution in [0.5, 0.6) is 5.75 Å². The van der Waals surface area contributed by atoms with Crippen molar-refractivity contribution in [2.75, 3.05) is 13.7 Å². The fourth-order valence-electron chi connectivity index (χ4n) is 4.75. The van der Waals surface area contributed by atoms with Crippen LogP contribution in [-0.4, -0.2) is 40.5 Å². The number of H-pyrrole nitrogens is 1. The second-order valence-electron chi connectivity index (χ2n) is 8.57. The molecule has 3 heterocycles. The number of amides is 1. The molecule has 0 bridgehead atoms. The molecule has 6 nitrogen and oxygen atoms in total. The van der Waals surface area contributed by atoms with Crippen molar-refractivity contribution in [1.82, 2.24) is 14.9 Å². The summed E-state index contributed by atoms with van der Waals surface area (Å²) < 4.78 is 19.4. The van der Waals surface area contributed by atoms with E-state index in [0.717, 1.165) is 45.2 Å². The van der Waals surface area contributed by atoms with E-state index in [2.05, 4.69) is 17.1 Å². The molecule has 0 spiro atoms. The third-order valence-corrected chi connectivity index (χ3v) is 6.54. The first-order valence-electron chi connectivity index (χ1n) is 11.3. The molecule has 33 heavy (non-hydrogen) atoms. The van der Waals surface area contributed by atoms with E-state index in [1.807, 2.05) is 25.1 Å². The van der Waals surface area contributed by atoms with Crippen molar-refractivity contribution in [2.24, 2.45) is 5.73 Å². The van der Waals surface area contributed by atoms with Crippen LogP contribution in [-0.2, 0) is 24.2 Å². The Morgan fingerprint density at radius 3 is 2.88 bits per heavy atom. The van der Waals surface area contributed by atoms with Crippen molar-refractivity contribution in [3.05, 3.63) is 70.8 Å². The minimum Gasteiger partial charge on any atom is -0.494 e. The first-order chi connectivity index (χ1) is 16.0. The SMILES string of the molecule is CCC(N)C(=O)N1CCc2c(nc(Cc3ccc(OC)c(F)c3)c3[nH]c4ccccc4c23)C1. The largest absolute Gasteiger partial charge is 0.494 e. The first-order valence-corrected chi connectivity index (χ1v) is 11.3. The average molecular weight is 447 g/mol. The van der Waals surface area contributed by atoms with Gasteiger partial charge in [0, 0.05) is 29.3 Å². The lowest BCUT2D eigenvalue weighted by molar-refractivity contribution is -0.133. The molecule has 3 N–H and O–H groups in total. The number of carbonyl (C=O) groups excluding carboxylic acids is 1. The van der Waals surface area contributed by atoms with Crippen LogP contribution >= 0.6 is 0 Å². The maximum atomic E-state index is 14.3. The van der Waals surface area contributed by atoms with E-state index in [-0.39, 0.29) is 11.7 Å². The molecule has 1 aliphatic heterocycles. The Bertz CT molecular complexity index is 1360. The van der Waals surface area contributed by atoms with Crippen molar-refractivity contribution >= 4 is 27.7 Å². The van der Waals surface area contributed by atoms with Crippen molar-refractivity contribution in [3.8, 4) is 5.75 Å². The molecule has 0 fully saturated rings. The van der Waals surface area contributed by atoms with Gasteiger partial charge in [0.05, 0.1) is 36.6 Å². The smallest absolute Gasteiger partial charge is 0.239 e. The van der Waals surface area contributed by atoms with Crippen molar-refractivity contribution in [2.45, 2.75) is 38.8 Å². The molecule has 1 unspecified atom stereocenters. The number of hydrogen-bond acceptors (Lipinski definition) is 4. The molecule has 170 valence electrons. The highest BCUT2D eigenvalue weighted by atomic mass is 19.1. The molecule has 1 amide bonds. The van der Waals surface area contributed by atoms with E-state index in [1.54, 1.807) is 11.0 Å². The Hall–Kier alpha value is -3.45. The number of carbonyl (C=O) groups is 1. The van der Waals surface area contributed by atoms with Crippen LogP contribution in [0.4, 0.5) is 4.39 Å². The number of methoxy groups -OCH3 is 1. The van der Waals surface area contributed by atoms with E-state index in [1.165, 1.54) is 18.7 Å². The van der Waals surface area contributed by atoms with Crippen LogP contribution in [0.2, 0.25) is 0 Å². The molecule has 1 aliphatic rings. The van der Waals surface area contributed by atoms with Gasteiger partial charge < -0.3 is 20.4 Å². The molecular formula is C26H27FN4O2. The minimum atomic E-state index is -0.495. The van der Waals surface area contributed by atoms with Gasteiger partial charge in [-0.25, -0.2) is 4.39 Å². The highest BCUT2D eigenvalue weighted by Crippen LogP contribution is 2.35. The maximum absolute atomic E-state index is 14.3. The van der Waals surface area contributed by atoms with Crippen molar-refractivity contribution in [1.29, 1.82) is 0 Å². The van der Waals surface area contributed by atoms with Gasteiger partial charge in [0.2, 0.25) is 5.91 Å². The lowest BCUT2D eigenvalue weighted by Crippen LogP contribution is -2.45. The number of benzene rings is 2. The number of nitrogens with two attached hydrogens (primary N) is 1. The second-order valence-corrected chi connectivity index (χ2v) is 8.57. The third-order valence-electron chi connectivity index (χ3n) is 6.54. The Morgan fingerprint density at radius 2 is 2.12 bits per heavy atom. The fraction of sp³-hybridized carbons (Fsp3) is 0.308. The predicted molar refractivity (Wildman–Crippen MR) is 127 cm³/mol. The lowest BCUT2D eigenvalue weighted by atomic mass is 9.96. The van der Waals surface area contributed by atoms with Gasteiger partial charge in [-0.15, -0.1) is 0 Å². The zero-order valence-corrected chi connectivity index (χ0v) is 18.8. The minimum absolute atomic E-state index is 0.0391. The molecule has 0 saturated heterocycles. The standard InChI is InChI=1S/C26H27FN4O2/c1-3-19(28)26(32)31-11-10-17-22(14-31)29-21(13-15-8-9-23(33-2)18(27)12-15)25-24(17)16-6-4-5-7-20(16)30-25/h4-9,12,19,30H,3,10-11,13-14,28H2,1-2H3. The summed E-state index contributed by atoms with van der Waals surface area (Å²) in [5.74, 6) is -0.219. The van der Waals surface area contributed by atoms with E-state index >= 15 is 0 Å². The summed E-state index contributed by atoms with van der Waals surface area (Å²) in [7, 11) is 1.45. The van der Waals surface area contributed by atoms with Gasteiger partial charge in [0.25, 0.3) is 0 Å². The Kier molecular flexibility index (Phi) is 5.50. The van der Waals surface area contributed by atoms with Crippen LogP contribution in [0, 0.1) is 5.82 Å². The average Bonchev–Trinajstić information content (AvgIpc) is 3.23. The quantitative estimate of drug-likeness (QED) is 0.484. The normalized spacial score (nSPS) is 14.5. The summed E-state index contributed by atoms with van der Waals surface area (Å²) in [6.07, 6.45) is 1.78. The van der Waals surface area contributed by atoms with E-state index in [4.69, 9.17) is 15.5 Å². The zero-order valence-electron chi connectivity index (χ0n) is 18.8. The molecule has 0 radical (unpaired) electrons. The van der Waals surface area contributed by atoms with Crippen molar-refractivity contribution < 1.29 is 13.9 Å². The monoisotopic (exact) mass is 446 g/mol. The number of fused-ring (bicyclic) bond motifs is 5. The summed E-state index contributed by atoms with van der Waals surface area (Å²) in [4.78, 5) is 23.1. The van der Waals surface area contributed by atoms with E-state index in [9.17, 15) is 9.18 Å². The maximum Gasteiger partial charge on any atom is 0.239 e. The number of halogens is 1. The number of aromatic nitrogens is 2. The fourth-order valence-corrected chi connectivity index (χ4v) is 4.75. The Balaban J connectivity index is 1.63. The van der Waals surface area contributed by atoms with Gasteiger partial charge in [-0.05, 0) is 42.2 Å². The molecule has 5 rings (SSSR count). The zero-order chi connectivity index (χ0) is 23.1. The number of hydrogen-bond donors (Lipinski definition) is 2. The third kappa shape index (κ3) is 3.72. The molecular weight excluding hydrogens is 419 g/mol. The van der Waals surface area contributed by atoms with Crippen LogP contribution in [0.15, 0.2) is 42.5 Å². The van der Waals surface area contributed by atoms with Crippen molar-refractivity contribution in [3.63, 3.8) is 0 Å². The molecule has 4 aromatic rings. The summed E-state index contributed by atoms with van der Waals surface area (Å²) in [6, 6.07) is 12.7. The molecule has 0 aliphatic carbocycles. The van der Waals surface area contributed by atoms with Crippen LogP contribution in [0.3, 0.4) is 0 Å². The number of nitrogens with zero attached hydrogens (tertiary/aromatic N) is 2. The second kappa shape index (κ2) is 8.48. The first kappa shape index (κ1) is 21.4. The molecule has 1 atom stereocenters. The van der Waals surface area contributed by atoms with Crippen LogP contribution < -0.4 is 10.5 Å². The number of rotatable bonds is 5. The molecule has 2 aromatic carbocycles. The topological polar surface area (TPSA) is 84.2 Å². The number of nitrogens with one attached hydrogen (secondary N) is 1. The molecule has 2 aromatic heterocycles. The van der Waals surface area contributed by atoms with Crippen LogP contribution in [0.25, 0.3) is 21.8 Å². The number of pyridine rings is 1. The van der Waals surface area contributed by atoms with Gasteiger partial charge >= 0.3 is 0 Å². The highest BCUT2D eigenvalue weighted by Gasteiger charge is 2.28. The molecule has 0 saturated carbocycles.